The maximum absolute atomic E-state index is 8.84. The predicted molar refractivity (Wildman–Crippen MR) is 57.5 cm³/mol. The van der Waals surface area contributed by atoms with E-state index in [0.717, 1.165) is 5.56 Å². The van der Waals surface area contributed by atoms with Crippen molar-refractivity contribution in [1.29, 1.82) is 5.26 Å². The number of nitriles is 1. The third kappa shape index (κ3) is 2.34. The molecule has 2 aromatic heterocycles. The standard InChI is InChI=1S/C12H9N3O/c13-7-12-10(3-1-6-15-12)9-16-11-4-2-5-14-8-11/h1-6,8H,9H2. The molecule has 0 saturated carbocycles. The van der Waals surface area contributed by atoms with E-state index in [9.17, 15) is 0 Å². The van der Waals surface area contributed by atoms with Crippen LogP contribution < -0.4 is 4.74 Å². The number of aromatic nitrogens is 2. The molecule has 16 heavy (non-hydrogen) atoms. The summed E-state index contributed by atoms with van der Waals surface area (Å²) >= 11 is 0. The molecular weight excluding hydrogens is 202 g/mol. The Hall–Kier alpha value is -2.41. The second kappa shape index (κ2) is 4.89. The molecule has 0 aliphatic carbocycles. The zero-order valence-electron chi connectivity index (χ0n) is 8.50. The van der Waals surface area contributed by atoms with E-state index in [-0.39, 0.29) is 0 Å². The molecule has 2 heterocycles. The molecule has 2 rings (SSSR count). The van der Waals surface area contributed by atoms with Gasteiger partial charge < -0.3 is 4.74 Å². The fourth-order valence-corrected chi connectivity index (χ4v) is 1.25. The molecule has 0 unspecified atom stereocenters. The second-order valence-electron chi connectivity index (χ2n) is 3.10. The van der Waals surface area contributed by atoms with Crippen molar-refractivity contribution in [3.8, 4) is 11.8 Å². The first-order valence-electron chi connectivity index (χ1n) is 4.77. The summed E-state index contributed by atoms with van der Waals surface area (Å²) in [7, 11) is 0. The Morgan fingerprint density at radius 2 is 2.12 bits per heavy atom. The minimum atomic E-state index is 0.322. The van der Waals surface area contributed by atoms with E-state index in [1.165, 1.54) is 0 Å². The van der Waals surface area contributed by atoms with Crippen LogP contribution in [0.5, 0.6) is 5.75 Å². The predicted octanol–water partition coefficient (Wildman–Crippen LogP) is 1.93. The SMILES string of the molecule is N#Cc1ncccc1COc1cccnc1. The van der Waals surface area contributed by atoms with E-state index in [1.807, 2.05) is 18.2 Å². The van der Waals surface area contributed by atoms with Gasteiger partial charge in [0.2, 0.25) is 0 Å². The fraction of sp³-hybridized carbons (Fsp3) is 0.0833. The van der Waals surface area contributed by atoms with Gasteiger partial charge in [0.05, 0.1) is 6.20 Å². The first kappa shape index (κ1) is 10.1. The van der Waals surface area contributed by atoms with Gasteiger partial charge in [-0.25, -0.2) is 4.98 Å². The lowest BCUT2D eigenvalue weighted by molar-refractivity contribution is 0.304. The lowest BCUT2D eigenvalue weighted by Crippen LogP contribution is -1.99. The summed E-state index contributed by atoms with van der Waals surface area (Å²) in [5.41, 5.74) is 1.17. The molecule has 0 spiro atoms. The summed E-state index contributed by atoms with van der Waals surface area (Å²) in [4.78, 5) is 7.89. The van der Waals surface area contributed by atoms with Gasteiger partial charge >= 0.3 is 0 Å². The van der Waals surface area contributed by atoms with Crippen molar-refractivity contribution in [2.75, 3.05) is 0 Å². The highest BCUT2D eigenvalue weighted by atomic mass is 16.5. The van der Waals surface area contributed by atoms with E-state index in [0.29, 0.717) is 18.1 Å². The summed E-state index contributed by atoms with van der Waals surface area (Å²) in [6.45, 7) is 0.322. The molecule has 0 atom stereocenters. The molecule has 0 aromatic carbocycles. The van der Waals surface area contributed by atoms with Crippen LogP contribution in [0, 0.1) is 11.3 Å². The molecular formula is C12H9N3O. The van der Waals surface area contributed by atoms with Crippen LogP contribution in [0.3, 0.4) is 0 Å². The minimum Gasteiger partial charge on any atom is -0.487 e. The number of rotatable bonds is 3. The van der Waals surface area contributed by atoms with Crippen LogP contribution in [0.15, 0.2) is 42.9 Å². The minimum absolute atomic E-state index is 0.322. The first-order chi connectivity index (χ1) is 7.90. The number of ether oxygens (including phenoxy) is 1. The molecule has 0 amide bonds. The van der Waals surface area contributed by atoms with Gasteiger partial charge in [0.15, 0.2) is 0 Å². The van der Waals surface area contributed by atoms with Gasteiger partial charge in [-0.15, -0.1) is 0 Å². The Bertz CT molecular complexity index is 505. The lowest BCUT2D eigenvalue weighted by Gasteiger charge is -2.05. The zero-order chi connectivity index (χ0) is 11.2. The van der Waals surface area contributed by atoms with Gasteiger partial charge in [-0.2, -0.15) is 5.26 Å². The van der Waals surface area contributed by atoms with Crippen molar-refractivity contribution in [2.45, 2.75) is 6.61 Å². The van der Waals surface area contributed by atoms with Crippen LogP contribution in [-0.2, 0) is 6.61 Å². The molecule has 0 aliphatic heterocycles. The smallest absolute Gasteiger partial charge is 0.147 e. The van der Waals surface area contributed by atoms with E-state index in [2.05, 4.69) is 9.97 Å². The topological polar surface area (TPSA) is 58.8 Å². The van der Waals surface area contributed by atoms with Crippen molar-refractivity contribution in [3.63, 3.8) is 0 Å². The Morgan fingerprint density at radius 3 is 2.88 bits per heavy atom. The number of hydrogen-bond donors (Lipinski definition) is 0. The Labute approximate surface area is 93.2 Å². The zero-order valence-corrected chi connectivity index (χ0v) is 8.50. The summed E-state index contributed by atoms with van der Waals surface area (Å²) in [6, 6.07) is 9.24. The molecule has 0 N–H and O–H groups in total. The largest absolute Gasteiger partial charge is 0.487 e. The van der Waals surface area contributed by atoms with Crippen molar-refractivity contribution >= 4 is 0 Å². The molecule has 2 aromatic rings. The van der Waals surface area contributed by atoms with Crippen molar-refractivity contribution in [2.24, 2.45) is 0 Å². The van der Waals surface area contributed by atoms with E-state index >= 15 is 0 Å². The van der Waals surface area contributed by atoms with Gasteiger partial charge in [-0.05, 0) is 18.2 Å². The second-order valence-corrected chi connectivity index (χ2v) is 3.10. The highest BCUT2D eigenvalue weighted by molar-refractivity contribution is 5.30. The molecule has 0 bridgehead atoms. The quantitative estimate of drug-likeness (QED) is 0.778. The number of nitrogens with zero attached hydrogens (tertiary/aromatic N) is 3. The molecule has 4 nitrogen and oxygen atoms in total. The average Bonchev–Trinajstić information content (AvgIpc) is 2.38. The summed E-state index contributed by atoms with van der Waals surface area (Å²) < 4.78 is 5.48. The first-order valence-corrected chi connectivity index (χ1v) is 4.77. The van der Waals surface area contributed by atoms with Gasteiger partial charge in [-0.3, -0.25) is 4.98 Å². The maximum atomic E-state index is 8.84. The Kier molecular flexibility index (Phi) is 3.10. The van der Waals surface area contributed by atoms with Gasteiger partial charge in [0.1, 0.15) is 24.1 Å². The van der Waals surface area contributed by atoms with Crippen molar-refractivity contribution in [1.82, 2.24) is 9.97 Å². The van der Waals surface area contributed by atoms with Crippen LogP contribution in [0.25, 0.3) is 0 Å². The van der Waals surface area contributed by atoms with E-state index < -0.39 is 0 Å². The summed E-state index contributed by atoms with van der Waals surface area (Å²) in [6.07, 6.45) is 4.90. The fourth-order valence-electron chi connectivity index (χ4n) is 1.25. The highest BCUT2D eigenvalue weighted by Crippen LogP contribution is 2.11. The van der Waals surface area contributed by atoms with Crippen LogP contribution in [0.2, 0.25) is 0 Å². The molecule has 0 aliphatic rings. The Morgan fingerprint density at radius 1 is 1.25 bits per heavy atom. The van der Waals surface area contributed by atoms with Crippen molar-refractivity contribution in [3.05, 3.63) is 54.1 Å². The lowest BCUT2D eigenvalue weighted by atomic mass is 10.2. The highest BCUT2D eigenvalue weighted by Gasteiger charge is 2.02. The molecule has 78 valence electrons. The molecule has 0 radical (unpaired) electrons. The summed E-state index contributed by atoms with van der Waals surface area (Å²) in [5.74, 6) is 0.676. The van der Waals surface area contributed by atoms with Crippen LogP contribution in [-0.4, -0.2) is 9.97 Å². The van der Waals surface area contributed by atoms with Crippen LogP contribution in [0.4, 0.5) is 0 Å². The summed E-state index contributed by atoms with van der Waals surface area (Å²) in [5, 5.41) is 8.84. The van der Waals surface area contributed by atoms with Gasteiger partial charge in [0, 0.05) is 18.0 Å². The number of hydrogen-bond acceptors (Lipinski definition) is 4. The number of pyridine rings is 2. The van der Waals surface area contributed by atoms with Crippen LogP contribution in [0.1, 0.15) is 11.3 Å². The Balaban J connectivity index is 2.09. The third-order valence-electron chi connectivity index (χ3n) is 2.03. The monoisotopic (exact) mass is 211 g/mol. The average molecular weight is 211 g/mol. The third-order valence-corrected chi connectivity index (χ3v) is 2.03. The molecule has 0 saturated heterocycles. The van der Waals surface area contributed by atoms with E-state index in [4.69, 9.17) is 10.00 Å². The van der Waals surface area contributed by atoms with Gasteiger partial charge in [-0.1, -0.05) is 6.07 Å². The molecule has 4 heteroatoms. The maximum Gasteiger partial charge on any atom is 0.147 e. The van der Waals surface area contributed by atoms with Crippen molar-refractivity contribution < 1.29 is 4.74 Å². The van der Waals surface area contributed by atoms with Crippen LogP contribution >= 0.6 is 0 Å². The van der Waals surface area contributed by atoms with E-state index in [1.54, 1.807) is 30.7 Å². The normalized spacial score (nSPS) is 9.44. The molecule has 0 fully saturated rings. The van der Waals surface area contributed by atoms with Gasteiger partial charge in [0.25, 0.3) is 0 Å².